The highest BCUT2D eigenvalue weighted by Gasteiger charge is 1.95. The third-order valence-electron chi connectivity index (χ3n) is 2.04. The van der Waals surface area contributed by atoms with E-state index in [0.717, 1.165) is 22.9 Å². The molecule has 0 heterocycles. The lowest BCUT2D eigenvalue weighted by molar-refractivity contribution is 0.306. The predicted octanol–water partition coefficient (Wildman–Crippen LogP) is 4.52. The summed E-state index contributed by atoms with van der Waals surface area (Å²) in [5.41, 5.74) is 5.92. The van der Waals surface area contributed by atoms with E-state index in [9.17, 15) is 0 Å². The fraction of sp³-hybridized carbons (Fsp3) is 0.250. The van der Waals surface area contributed by atoms with Crippen LogP contribution in [0, 0.1) is 0 Å². The monoisotopic (exact) mass is 279 g/mol. The number of nitrogens with two attached hydrogens (primary N) is 1. The van der Waals surface area contributed by atoms with Gasteiger partial charge in [0.2, 0.25) is 0 Å². The molecule has 19 heavy (non-hydrogen) atoms. The van der Waals surface area contributed by atoms with Crippen LogP contribution < -0.4 is 10.5 Å². The number of para-hydroxylation sites is 1. The van der Waals surface area contributed by atoms with Crippen molar-refractivity contribution in [1.82, 2.24) is 0 Å². The second-order valence-electron chi connectivity index (χ2n) is 3.64. The van der Waals surface area contributed by atoms with E-state index in [4.69, 9.17) is 22.1 Å². The standard InChI is InChI=1S/C13H11ClO.C2H7N.CH4/c14-12-6-4-5-11(9-12)10-15-13-7-2-1-3-8-13;1-2-3;/h1-9H,10H2;2-3H2,1H3;1H4. The van der Waals surface area contributed by atoms with Crippen molar-refractivity contribution in [2.75, 3.05) is 6.54 Å². The van der Waals surface area contributed by atoms with Gasteiger partial charge in [0.1, 0.15) is 12.4 Å². The molecule has 0 radical (unpaired) electrons. The molecule has 0 atom stereocenters. The highest BCUT2D eigenvalue weighted by Crippen LogP contribution is 2.14. The number of ether oxygens (including phenoxy) is 1. The SMILES string of the molecule is C.CCN.Clc1cccc(COc2ccccc2)c1. The molecule has 104 valence electrons. The Kier molecular flexibility index (Phi) is 9.59. The molecule has 2 N–H and O–H groups in total. The maximum atomic E-state index is 5.87. The van der Waals surface area contributed by atoms with Crippen LogP contribution in [0.4, 0.5) is 0 Å². The van der Waals surface area contributed by atoms with Gasteiger partial charge in [0, 0.05) is 5.02 Å². The van der Waals surface area contributed by atoms with Crippen molar-refractivity contribution in [3.05, 3.63) is 65.2 Å². The van der Waals surface area contributed by atoms with Crippen molar-refractivity contribution in [2.45, 2.75) is 21.0 Å². The van der Waals surface area contributed by atoms with Crippen molar-refractivity contribution >= 4 is 11.6 Å². The van der Waals surface area contributed by atoms with E-state index in [1.807, 2.05) is 61.5 Å². The zero-order valence-electron chi connectivity index (χ0n) is 10.5. The average molecular weight is 280 g/mol. The molecule has 0 spiro atoms. The van der Waals surface area contributed by atoms with Crippen LogP contribution >= 0.6 is 11.6 Å². The molecular weight excluding hydrogens is 258 g/mol. The Balaban J connectivity index is 0.000000742. The Morgan fingerprint density at radius 2 is 1.68 bits per heavy atom. The van der Waals surface area contributed by atoms with E-state index in [-0.39, 0.29) is 7.43 Å². The summed E-state index contributed by atoms with van der Waals surface area (Å²) in [5.74, 6) is 0.873. The van der Waals surface area contributed by atoms with Gasteiger partial charge in [-0.25, -0.2) is 0 Å². The third kappa shape index (κ3) is 7.50. The van der Waals surface area contributed by atoms with E-state index in [2.05, 4.69) is 0 Å². The van der Waals surface area contributed by atoms with Gasteiger partial charge in [0.05, 0.1) is 0 Å². The predicted molar refractivity (Wildman–Crippen MR) is 83.7 cm³/mol. The molecule has 0 aliphatic rings. The Bertz CT molecular complexity index is 446. The summed E-state index contributed by atoms with van der Waals surface area (Å²) in [6.45, 7) is 3.20. The van der Waals surface area contributed by atoms with Crippen LogP contribution in [-0.4, -0.2) is 6.54 Å². The molecule has 0 aliphatic carbocycles. The minimum Gasteiger partial charge on any atom is -0.489 e. The van der Waals surface area contributed by atoms with E-state index < -0.39 is 0 Å². The first-order valence-electron chi connectivity index (χ1n) is 5.88. The Hall–Kier alpha value is -1.51. The van der Waals surface area contributed by atoms with Crippen molar-refractivity contribution in [3.63, 3.8) is 0 Å². The van der Waals surface area contributed by atoms with Gasteiger partial charge in [-0.1, -0.05) is 56.3 Å². The molecule has 0 bridgehead atoms. The van der Waals surface area contributed by atoms with Gasteiger partial charge in [0.15, 0.2) is 0 Å². The highest BCUT2D eigenvalue weighted by molar-refractivity contribution is 6.30. The normalized spacial score (nSPS) is 8.79. The van der Waals surface area contributed by atoms with Crippen LogP contribution in [0.3, 0.4) is 0 Å². The van der Waals surface area contributed by atoms with Crippen molar-refractivity contribution in [2.24, 2.45) is 5.73 Å². The lowest BCUT2D eigenvalue weighted by atomic mass is 10.2. The average Bonchev–Trinajstić information content (AvgIpc) is 2.39. The summed E-state index contributed by atoms with van der Waals surface area (Å²) in [4.78, 5) is 0. The molecule has 2 aromatic carbocycles. The molecule has 0 aliphatic heterocycles. The molecule has 3 heteroatoms. The van der Waals surface area contributed by atoms with Gasteiger partial charge in [-0.15, -0.1) is 0 Å². The molecular formula is C16H22ClNO. The smallest absolute Gasteiger partial charge is 0.119 e. The summed E-state index contributed by atoms with van der Waals surface area (Å²) in [6, 6.07) is 17.4. The lowest BCUT2D eigenvalue weighted by Crippen LogP contribution is -1.94. The number of halogens is 1. The maximum absolute atomic E-state index is 5.87. The van der Waals surface area contributed by atoms with Crippen LogP contribution in [0.5, 0.6) is 5.75 Å². The second kappa shape index (κ2) is 10.4. The summed E-state index contributed by atoms with van der Waals surface area (Å²) in [7, 11) is 0. The van der Waals surface area contributed by atoms with E-state index in [1.165, 1.54) is 0 Å². The van der Waals surface area contributed by atoms with Gasteiger partial charge >= 0.3 is 0 Å². The molecule has 2 aromatic rings. The zero-order valence-corrected chi connectivity index (χ0v) is 11.2. The summed E-state index contributed by atoms with van der Waals surface area (Å²) >= 11 is 5.87. The first-order valence-corrected chi connectivity index (χ1v) is 6.26. The van der Waals surface area contributed by atoms with E-state index >= 15 is 0 Å². The molecule has 0 aromatic heterocycles. The summed E-state index contributed by atoms with van der Waals surface area (Å²) in [5, 5.41) is 0.740. The maximum Gasteiger partial charge on any atom is 0.119 e. The van der Waals surface area contributed by atoms with Gasteiger partial charge in [0.25, 0.3) is 0 Å². The quantitative estimate of drug-likeness (QED) is 0.896. The number of hydrogen-bond donors (Lipinski definition) is 1. The van der Waals surface area contributed by atoms with Crippen LogP contribution in [0.15, 0.2) is 54.6 Å². The fourth-order valence-corrected chi connectivity index (χ4v) is 1.52. The van der Waals surface area contributed by atoms with Crippen LogP contribution in [0.2, 0.25) is 5.02 Å². The highest BCUT2D eigenvalue weighted by atomic mass is 35.5. The molecule has 0 saturated carbocycles. The van der Waals surface area contributed by atoms with Crippen molar-refractivity contribution in [3.8, 4) is 5.75 Å². The minimum atomic E-state index is 0. The third-order valence-corrected chi connectivity index (χ3v) is 2.27. The Morgan fingerprint density at radius 3 is 2.26 bits per heavy atom. The molecule has 2 rings (SSSR count). The fourth-order valence-electron chi connectivity index (χ4n) is 1.31. The van der Waals surface area contributed by atoms with Gasteiger partial charge < -0.3 is 10.5 Å². The molecule has 2 nitrogen and oxygen atoms in total. The summed E-state index contributed by atoms with van der Waals surface area (Å²) in [6.07, 6.45) is 0. The van der Waals surface area contributed by atoms with Crippen LogP contribution in [0.25, 0.3) is 0 Å². The number of hydrogen-bond acceptors (Lipinski definition) is 2. The largest absolute Gasteiger partial charge is 0.489 e. The molecule has 0 fully saturated rings. The van der Waals surface area contributed by atoms with E-state index in [1.54, 1.807) is 0 Å². The summed E-state index contributed by atoms with van der Waals surface area (Å²) < 4.78 is 5.59. The topological polar surface area (TPSA) is 35.2 Å². The lowest BCUT2D eigenvalue weighted by Gasteiger charge is -2.05. The van der Waals surface area contributed by atoms with Gasteiger partial charge in [-0.05, 0) is 36.4 Å². The minimum absolute atomic E-state index is 0. The van der Waals surface area contributed by atoms with Crippen molar-refractivity contribution < 1.29 is 4.74 Å². The van der Waals surface area contributed by atoms with Crippen LogP contribution in [-0.2, 0) is 6.61 Å². The second-order valence-corrected chi connectivity index (χ2v) is 4.08. The Morgan fingerprint density at radius 1 is 1.05 bits per heavy atom. The van der Waals surface area contributed by atoms with E-state index in [0.29, 0.717) is 6.61 Å². The molecule has 0 unspecified atom stereocenters. The number of rotatable bonds is 3. The molecule has 0 saturated heterocycles. The van der Waals surface area contributed by atoms with Crippen molar-refractivity contribution in [1.29, 1.82) is 0 Å². The first-order chi connectivity index (χ1) is 8.76. The van der Waals surface area contributed by atoms with Gasteiger partial charge in [-0.3, -0.25) is 0 Å². The zero-order chi connectivity index (χ0) is 13.2. The van der Waals surface area contributed by atoms with Crippen LogP contribution in [0.1, 0.15) is 19.9 Å². The first kappa shape index (κ1) is 17.5. The number of benzene rings is 2. The molecule has 0 amide bonds. The van der Waals surface area contributed by atoms with Gasteiger partial charge in [-0.2, -0.15) is 0 Å². The Labute approximate surface area is 121 Å².